The van der Waals surface area contributed by atoms with Gasteiger partial charge in [0.15, 0.2) is 0 Å². The van der Waals surface area contributed by atoms with Crippen LogP contribution in [-0.4, -0.2) is 47.4 Å². The van der Waals surface area contributed by atoms with E-state index >= 15 is 0 Å². The van der Waals surface area contributed by atoms with Crippen LogP contribution in [0.15, 0.2) is 0 Å². The van der Waals surface area contributed by atoms with E-state index < -0.39 is 36.0 Å². The Hall–Kier alpha value is -2.12. The number of carbonyl (C=O) groups is 4. The second-order valence-corrected chi connectivity index (χ2v) is 7.72. The average molecular weight is 386 g/mol. The van der Waals surface area contributed by atoms with Gasteiger partial charge in [0.2, 0.25) is 11.8 Å². The van der Waals surface area contributed by atoms with Gasteiger partial charge in [0.05, 0.1) is 6.04 Å². The highest BCUT2D eigenvalue weighted by Gasteiger charge is 2.28. The molecule has 0 aliphatic carbocycles. The van der Waals surface area contributed by atoms with E-state index in [4.69, 9.17) is 5.11 Å². The lowest BCUT2D eigenvalue weighted by atomic mass is 10.00. The van der Waals surface area contributed by atoms with Crippen molar-refractivity contribution >= 4 is 24.2 Å². The number of carbonyl (C=O) groups excluding carboxylic acids is 3. The Kier molecular flexibility index (Phi) is 12.1. The Morgan fingerprint density at radius 2 is 1.37 bits per heavy atom. The van der Waals surface area contributed by atoms with Gasteiger partial charge < -0.3 is 25.9 Å². The SMILES string of the molecule is CCCCC(C=O)NC(=O)[C@H](CC(C)C)NC(=O)[C@@H](CC(C)C)NC(=O)O. The van der Waals surface area contributed by atoms with Crippen LogP contribution in [0.5, 0.6) is 0 Å². The first-order valence-electron chi connectivity index (χ1n) is 9.66. The second-order valence-electron chi connectivity index (χ2n) is 7.72. The van der Waals surface area contributed by atoms with Crippen molar-refractivity contribution < 1.29 is 24.3 Å². The van der Waals surface area contributed by atoms with Crippen LogP contribution in [0.2, 0.25) is 0 Å². The molecule has 0 aromatic heterocycles. The summed E-state index contributed by atoms with van der Waals surface area (Å²) in [6, 6.07) is -2.36. The Balaban J connectivity index is 5.14. The average Bonchev–Trinajstić information content (AvgIpc) is 2.55. The molecule has 0 radical (unpaired) electrons. The van der Waals surface area contributed by atoms with Crippen LogP contribution in [0, 0.1) is 11.8 Å². The number of carboxylic acid groups (broad SMARTS) is 1. The van der Waals surface area contributed by atoms with Crippen molar-refractivity contribution in [3.8, 4) is 0 Å². The molecule has 0 heterocycles. The zero-order valence-electron chi connectivity index (χ0n) is 17.1. The van der Waals surface area contributed by atoms with Crippen LogP contribution in [0.3, 0.4) is 0 Å². The van der Waals surface area contributed by atoms with Gasteiger partial charge in [0.25, 0.3) is 0 Å². The lowest BCUT2D eigenvalue weighted by Gasteiger charge is -2.25. The van der Waals surface area contributed by atoms with Crippen LogP contribution in [0.4, 0.5) is 4.79 Å². The molecule has 0 aromatic rings. The molecule has 0 saturated carbocycles. The minimum atomic E-state index is -1.29. The number of unbranched alkanes of at least 4 members (excludes halogenated alkanes) is 1. The van der Waals surface area contributed by atoms with Crippen molar-refractivity contribution in [3.63, 3.8) is 0 Å². The molecule has 0 aliphatic heterocycles. The summed E-state index contributed by atoms with van der Waals surface area (Å²) in [5.74, 6) is -0.743. The van der Waals surface area contributed by atoms with Gasteiger partial charge in [-0.05, 0) is 31.1 Å². The van der Waals surface area contributed by atoms with Crippen molar-refractivity contribution in [1.82, 2.24) is 16.0 Å². The minimum absolute atomic E-state index is 0.0958. The predicted molar refractivity (Wildman–Crippen MR) is 103 cm³/mol. The van der Waals surface area contributed by atoms with E-state index in [0.29, 0.717) is 25.5 Å². The maximum atomic E-state index is 12.6. The second kappa shape index (κ2) is 13.1. The fourth-order valence-corrected chi connectivity index (χ4v) is 2.71. The molecule has 0 fully saturated rings. The van der Waals surface area contributed by atoms with Gasteiger partial charge >= 0.3 is 6.09 Å². The smallest absolute Gasteiger partial charge is 0.405 e. The fourth-order valence-electron chi connectivity index (χ4n) is 2.71. The molecular formula is C19H35N3O5. The third kappa shape index (κ3) is 11.2. The van der Waals surface area contributed by atoms with E-state index in [1.54, 1.807) is 0 Å². The highest BCUT2D eigenvalue weighted by Crippen LogP contribution is 2.09. The molecule has 3 atom stereocenters. The molecule has 8 nitrogen and oxygen atoms in total. The summed E-state index contributed by atoms with van der Waals surface area (Å²) in [6.45, 7) is 9.59. The Morgan fingerprint density at radius 3 is 1.78 bits per heavy atom. The van der Waals surface area contributed by atoms with Crippen molar-refractivity contribution in [1.29, 1.82) is 0 Å². The Morgan fingerprint density at radius 1 is 0.889 bits per heavy atom. The summed E-state index contributed by atoms with van der Waals surface area (Å²) in [4.78, 5) is 47.3. The first-order chi connectivity index (χ1) is 12.6. The van der Waals surface area contributed by atoms with Gasteiger partial charge in [-0.1, -0.05) is 47.5 Å². The maximum absolute atomic E-state index is 12.6. The molecule has 156 valence electrons. The lowest BCUT2D eigenvalue weighted by molar-refractivity contribution is -0.131. The standard InChI is InChI=1S/C19H35N3O5/c1-6-7-8-14(11-23)20-17(24)15(9-12(2)3)21-18(25)16(10-13(4)5)22-19(26)27/h11-16,22H,6-10H2,1-5H3,(H,20,24)(H,21,25)(H,26,27)/t14?,15-,16+/m0/s1. The summed E-state index contributed by atoms with van der Waals surface area (Å²) in [6.07, 6.45) is 2.38. The monoisotopic (exact) mass is 385 g/mol. The van der Waals surface area contributed by atoms with E-state index in [1.165, 1.54) is 0 Å². The topological polar surface area (TPSA) is 125 Å². The molecule has 0 rings (SSSR count). The molecule has 0 aromatic carbocycles. The van der Waals surface area contributed by atoms with E-state index in [9.17, 15) is 19.2 Å². The number of hydrogen-bond acceptors (Lipinski definition) is 4. The van der Waals surface area contributed by atoms with Crippen molar-refractivity contribution in [3.05, 3.63) is 0 Å². The van der Waals surface area contributed by atoms with Gasteiger partial charge in [0, 0.05) is 0 Å². The normalized spacial score (nSPS) is 14.3. The molecule has 3 amide bonds. The van der Waals surface area contributed by atoms with Crippen molar-refractivity contribution in [2.24, 2.45) is 11.8 Å². The zero-order valence-corrected chi connectivity index (χ0v) is 17.1. The fraction of sp³-hybridized carbons (Fsp3) is 0.789. The number of amides is 3. The molecule has 1 unspecified atom stereocenters. The van der Waals surface area contributed by atoms with Gasteiger partial charge in [0.1, 0.15) is 18.4 Å². The van der Waals surface area contributed by atoms with Gasteiger partial charge in [-0.2, -0.15) is 0 Å². The Labute approximate surface area is 161 Å². The first kappa shape index (κ1) is 24.9. The molecular weight excluding hydrogens is 350 g/mol. The number of aldehydes is 1. The molecule has 4 N–H and O–H groups in total. The minimum Gasteiger partial charge on any atom is -0.465 e. The Bertz CT molecular complexity index is 494. The molecule has 8 heteroatoms. The largest absolute Gasteiger partial charge is 0.465 e. The van der Waals surface area contributed by atoms with Crippen LogP contribution < -0.4 is 16.0 Å². The van der Waals surface area contributed by atoms with Crippen molar-refractivity contribution in [2.75, 3.05) is 0 Å². The van der Waals surface area contributed by atoms with Gasteiger partial charge in [-0.3, -0.25) is 9.59 Å². The third-order valence-electron chi connectivity index (χ3n) is 4.02. The molecule has 0 saturated heterocycles. The molecule has 0 aliphatic rings. The quantitative estimate of drug-likeness (QED) is 0.361. The summed E-state index contributed by atoms with van der Waals surface area (Å²) < 4.78 is 0. The van der Waals surface area contributed by atoms with Crippen molar-refractivity contribution in [2.45, 2.75) is 84.8 Å². The highest BCUT2D eigenvalue weighted by atomic mass is 16.4. The van der Waals surface area contributed by atoms with Crippen LogP contribution in [0.25, 0.3) is 0 Å². The van der Waals surface area contributed by atoms with E-state index in [1.807, 2.05) is 34.6 Å². The number of rotatable bonds is 13. The van der Waals surface area contributed by atoms with E-state index in [2.05, 4.69) is 16.0 Å². The number of hydrogen-bond donors (Lipinski definition) is 4. The zero-order chi connectivity index (χ0) is 21.0. The molecule has 0 bridgehead atoms. The molecule has 27 heavy (non-hydrogen) atoms. The van der Waals surface area contributed by atoms with Crippen LogP contribution in [-0.2, 0) is 14.4 Å². The predicted octanol–water partition coefficient (Wildman–Crippen LogP) is 2.07. The van der Waals surface area contributed by atoms with Gasteiger partial charge in [-0.25, -0.2) is 4.79 Å². The number of nitrogens with one attached hydrogen (secondary N) is 3. The summed E-state index contributed by atoms with van der Waals surface area (Å²) >= 11 is 0. The van der Waals surface area contributed by atoms with Crippen LogP contribution in [0.1, 0.15) is 66.7 Å². The summed E-state index contributed by atoms with van der Waals surface area (Å²) in [7, 11) is 0. The first-order valence-corrected chi connectivity index (χ1v) is 9.66. The third-order valence-corrected chi connectivity index (χ3v) is 4.02. The van der Waals surface area contributed by atoms with E-state index in [-0.39, 0.29) is 11.8 Å². The van der Waals surface area contributed by atoms with E-state index in [0.717, 1.165) is 12.8 Å². The van der Waals surface area contributed by atoms with Crippen LogP contribution >= 0.6 is 0 Å². The highest BCUT2D eigenvalue weighted by molar-refractivity contribution is 5.92. The summed E-state index contributed by atoms with van der Waals surface area (Å²) in [5, 5.41) is 16.5. The lowest BCUT2D eigenvalue weighted by Crippen LogP contribution is -2.55. The summed E-state index contributed by atoms with van der Waals surface area (Å²) in [5.41, 5.74) is 0. The van der Waals surface area contributed by atoms with Gasteiger partial charge in [-0.15, -0.1) is 0 Å². The molecule has 0 spiro atoms. The maximum Gasteiger partial charge on any atom is 0.405 e.